The highest BCUT2D eigenvalue weighted by Crippen LogP contribution is 2.41. The third-order valence-electron chi connectivity index (χ3n) is 4.72. The number of rotatable bonds is 12. The van der Waals surface area contributed by atoms with Crippen molar-refractivity contribution in [3.05, 3.63) is 0 Å². The van der Waals surface area contributed by atoms with Crippen LogP contribution < -0.4 is 32.8 Å². The van der Waals surface area contributed by atoms with Crippen molar-refractivity contribution in [2.75, 3.05) is 26.7 Å². The second kappa shape index (κ2) is 11.7. The Labute approximate surface area is 163 Å². The van der Waals surface area contributed by atoms with Gasteiger partial charge in [0.25, 0.3) is 0 Å². The summed E-state index contributed by atoms with van der Waals surface area (Å²) in [5.41, 5.74) is 3.84. The van der Waals surface area contributed by atoms with Crippen LogP contribution in [0.1, 0.15) is 38.5 Å². The molecule has 1 aliphatic carbocycles. The Morgan fingerprint density at radius 2 is 1.75 bits per heavy atom. The van der Waals surface area contributed by atoms with E-state index in [0.29, 0.717) is 45.2 Å². The highest BCUT2D eigenvalue weighted by atomic mass is 16.2. The third-order valence-corrected chi connectivity index (χ3v) is 4.72. The molecule has 0 aromatic heterocycles. The van der Waals surface area contributed by atoms with Crippen molar-refractivity contribution < 1.29 is 19.2 Å². The van der Waals surface area contributed by atoms with Crippen molar-refractivity contribution in [3.8, 4) is 0 Å². The predicted octanol–water partition coefficient (Wildman–Crippen LogP) is -1.33. The van der Waals surface area contributed by atoms with Crippen molar-refractivity contribution in [2.24, 2.45) is 27.3 Å². The lowest BCUT2D eigenvalue weighted by molar-refractivity contribution is -0.151. The van der Waals surface area contributed by atoms with E-state index in [9.17, 15) is 19.2 Å². The first-order chi connectivity index (χ1) is 13.4. The molecule has 0 aromatic carbocycles. The van der Waals surface area contributed by atoms with Gasteiger partial charge in [0.2, 0.25) is 17.7 Å². The largest absolute Gasteiger partial charge is 0.357 e. The maximum Gasteiger partial charge on any atom is 0.312 e. The lowest BCUT2D eigenvalue weighted by atomic mass is 9.67. The Bertz CT molecular complexity index is 591. The number of hydrogen-bond acceptors (Lipinski definition) is 6. The van der Waals surface area contributed by atoms with E-state index in [2.05, 4.69) is 31.6 Å². The van der Waals surface area contributed by atoms with Gasteiger partial charge in [-0.15, -0.1) is 0 Å². The summed E-state index contributed by atoms with van der Waals surface area (Å²) in [5, 5.41) is 17.1. The van der Waals surface area contributed by atoms with Crippen LogP contribution in [0, 0.1) is 5.41 Å². The number of carbonyl (C=O) groups is 4. The van der Waals surface area contributed by atoms with Crippen LogP contribution in [0.15, 0.2) is 10.3 Å². The Balaban J connectivity index is 2.62. The fourth-order valence-corrected chi connectivity index (χ4v) is 2.92. The van der Waals surface area contributed by atoms with Gasteiger partial charge in [0, 0.05) is 20.1 Å². The molecule has 8 N–H and O–H groups in total. The average molecular weight is 398 g/mol. The van der Waals surface area contributed by atoms with Crippen molar-refractivity contribution in [1.29, 1.82) is 0 Å². The first-order valence-electron chi connectivity index (χ1n) is 9.28. The number of likely N-dealkylation sites (N-methyl/N-ethyl adjacent to an activating group) is 1. The van der Waals surface area contributed by atoms with E-state index in [4.69, 9.17) is 11.6 Å². The molecule has 1 atom stereocenters. The van der Waals surface area contributed by atoms with Crippen LogP contribution in [-0.2, 0) is 14.4 Å². The first kappa shape index (κ1) is 23.1. The Hall–Kier alpha value is -2.92. The standard InChI is InChI=1S/C16H30N8O4/c1-19-12(25)11(5-2-8-21-15(17)28)23-14(27)16(6-3-7-16)13(26)20-9-4-10-22-24-18/h11H,2-10H2,1H3,(H2,18,22)(H,19,25)(H,20,26)(H,23,27)(H3,17,21,28)/t11-/m0/s1. The Morgan fingerprint density at radius 1 is 1.07 bits per heavy atom. The highest BCUT2D eigenvalue weighted by molar-refractivity contribution is 6.07. The number of carbonyl (C=O) groups excluding carboxylic acids is 4. The normalized spacial score (nSPS) is 15.9. The molecule has 0 spiro atoms. The summed E-state index contributed by atoms with van der Waals surface area (Å²) < 4.78 is 0. The van der Waals surface area contributed by atoms with Gasteiger partial charge in [-0.3, -0.25) is 14.4 Å². The van der Waals surface area contributed by atoms with Crippen molar-refractivity contribution in [2.45, 2.75) is 44.6 Å². The van der Waals surface area contributed by atoms with E-state index >= 15 is 0 Å². The lowest BCUT2D eigenvalue weighted by Gasteiger charge is -2.39. The quantitative estimate of drug-likeness (QED) is 0.0777. The maximum atomic E-state index is 12.8. The smallest absolute Gasteiger partial charge is 0.312 e. The molecular formula is C16H30N8O4. The zero-order valence-electron chi connectivity index (χ0n) is 16.1. The molecule has 0 bridgehead atoms. The number of nitrogens with two attached hydrogens (primary N) is 2. The first-order valence-corrected chi connectivity index (χ1v) is 9.28. The monoisotopic (exact) mass is 398 g/mol. The number of primary amides is 1. The van der Waals surface area contributed by atoms with Gasteiger partial charge in [-0.25, -0.2) is 4.79 Å². The minimum atomic E-state index is -1.16. The summed E-state index contributed by atoms with van der Waals surface area (Å²) in [6.45, 7) is 1.02. The zero-order chi connectivity index (χ0) is 21.0. The van der Waals surface area contributed by atoms with E-state index in [1.165, 1.54) is 7.05 Å². The summed E-state index contributed by atoms with van der Waals surface area (Å²) in [6, 6.07) is -1.46. The van der Waals surface area contributed by atoms with E-state index in [1.54, 1.807) is 0 Å². The predicted molar refractivity (Wildman–Crippen MR) is 101 cm³/mol. The molecular weight excluding hydrogens is 368 g/mol. The summed E-state index contributed by atoms with van der Waals surface area (Å²) in [6.07, 6.45) is 2.91. The van der Waals surface area contributed by atoms with Crippen LogP contribution in [0.2, 0.25) is 0 Å². The van der Waals surface area contributed by atoms with Crippen LogP contribution >= 0.6 is 0 Å². The molecule has 1 fully saturated rings. The molecule has 1 aliphatic rings. The number of urea groups is 1. The molecule has 0 aliphatic heterocycles. The van der Waals surface area contributed by atoms with Gasteiger partial charge in [0.05, 0.1) is 6.54 Å². The van der Waals surface area contributed by atoms with E-state index < -0.39 is 23.4 Å². The van der Waals surface area contributed by atoms with Crippen molar-refractivity contribution in [3.63, 3.8) is 0 Å². The molecule has 1 rings (SSSR count). The third kappa shape index (κ3) is 6.67. The van der Waals surface area contributed by atoms with E-state index in [1.807, 2.05) is 0 Å². The fourth-order valence-electron chi connectivity index (χ4n) is 2.92. The Morgan fingerprint density at radius 3 is 2.29 bits per heavy atom. The number of amides is 5. The summed E-state index contributed by atoms with van der Waals surface area (Å²) >= 11 is 0. The van der Waals surface area contributed by atoms with E-state index in [0.717, 1.165) is 6.42 Å². The molecule has 158 valence electrons. The summed E-state index contributed by atoms with van der Waals surface area (Å²) in [4.78, 5) is 48.2. The minimum absolute atomic E-state index is 0.282. The summed E-state index contributed by atoms with van der Waals surface area (Å²) in [5.74, 6) is 3.72. The number of hydrogen-bond donors (Lipinski definition) is 6. The van der Waals surface area contributed by atoms with Gasteiger partial charge in [-0.1, -0.05) is 11.6 Å². The van der Waals surface area contributed by atoms with Crippen LogP contribution in [0.25, 0.3) is 0 Å². The average Bonchev–Trinajstić information content (AvgIpc) is 2.62. The van der Waals surface area contributed by atoms with Crippen molar-refractivity contribution in [1.82, 2.24) is 21.3 Å². The number of nitrogens with zero attached hydrogens (tertiary/aromatic N) is 2. The topological polar surface area (TPSA) is 193 Å². The summed E-state index contributed by atoms with van der Waals surface area (Å²) in [7, 11) is 1.47. The zero-order valence-corrected chi connectivity index (χ0v) is 16.1. The molecule has 0 unspecified atom stereocenters. The molecule has 28 heavy (non-hydrogen) atoms. The SMILES string of the molecule is CNC(=O)[C@H](CCCNC(N)=O)NC(=O)C1(C(=O)NCCCN=NN)CCC1. The van der Waals surface area contributed by atoms with Crippen LogP contribution in [0.5, 0.6) is 0 Å². The maximum absolute atomic E-state index is 12.8. The molecule has 12 heteroatoms. The molecule has 5 amide bonds. The van der Waals surface area contributed by atoms with Gasteiger partial charge >= 0.3 is 6.03 Å². The molecule has 0 aromatic rings. The van der Waals surface area contributed by atoms with Gasteiger partial charge in [0.1, 0.15) is 11.5 Å². The van der Waals surface area contributed by atoms with Crippen LogP contribution in [0.4, 0.5) is 4.79 Å². The second-order valence-electron chi connectivity index (χ2n) is 6.60. The Kier molecular flexibility index (Phi) is 9.68. The molecule has 12 nitrogen and oxygen atoms in total. The molecule has 0 heterocycles. The molecule has 0 radical (unpaired) electrons. The fraction of sp³-hybridized carbons (Fsp3) is 0.750. The van der Waals surface area contributed by atoms with Gasteiger partial charge in [0.15, 0.2) is 0 Å². The second-order valence-corrected chi connectivity index (χ2v) is 6.60. The van der Waals surface area contributed by atoms with Gasteiger partial charge < -0.3 is 32.8 Å². The highest BCUT2D eigenvalue weighted by Gasteiger charge is 2.51. The molecule has 1 saturated carbocycles. The minimum Gasteiger partial charge on any atom is -0.357 e. The van der Waals surface area contributed by atoms with Gasteiger partial charge in [-0.05, 0) is 32.1 Å². The van der Waals surface area contributed by atoms with E-state index in [-0.39, 0.29) is 18.4 Å². The van der Waals surface area contributed by atoms with Crippen LogP contribution in [-0.4, -0.2) is 56.5 Å². The van der Waals surface area contributed by atoms with Crippen LogP contribution in [0.3, 0.4) is 0 Å². The molecule has 0 saturated heterocycles. The lowest BCUT2D eigenvalue weighted by Crippen LogP contribution is -2.59. The van der Waals surface area contributed by atoms with Crippen molar-refractivity contribution >= 4 is 23.8 Å². The van der Waals surface area contributed by atoms with Gasteiger partial charge in [-0.2, -0.15) is 5.11 Å². The number of nitrogens with one attached hydrogen (secondary N) is 4.